The summed E-state index contributed by atoms with van der Waals surface area (Å²) in [6.45, 7) is 3.67. The summed E-state index contributed by atoms with van der Waals surface area (Å²) in [6.07, 6.45) is 0.124. The van der Waals surface area contributed by atoms with Crippen molar-refractivity contribution in [2.24, 2.45) is 0 Å². The predicted molar refractivity (Wildman–Crippen MR) is 72.3 cm³/mol. The lowest BCUT2D eigenvalue weighted by Gasteiger charge is -2.12. The minimum Gasteiger partial charge on any atom is -0.480 e. The van der Waals surface area contributed by atoms with Gasteiger partial charge >= 0.3 is 5.97 Å². The van der Waals surface area contributed by atoms with Gasteiger partial charge in [0.2, 0.25) is 0 Å². The molecule has 3 N–H and O–H groups in total. The van der Waals surface area contributed by atoms with Crippen molar-refractivity contribution in [3.63, 3.8) is 0 Å². The van der Waals surface area contributed by atoms with Crippen molar-refractivity contribution >= 4 is 11.9 Å². The van der Waals surface area contributed by atoms with Crippen LogP contribution in [0.1, 0.15) is 29.8 Å². The van der Waals surface area contributed by atoms with Crippen molar-refractivity contribution in [1.29, 1.82) is 0 Å². The third-order valence-electron chi connectivity index (χ3n) is 2.59. The summed E-state index contributed by atoms with van der Waals surface area (Å²) in [7, 11) is 0. The second-order valence-corrected chi connectivity index (χ2v) is 4.60. The highest BCUT2D eigenvalue weighted by atomic mass is 16.5. The van der Waals surface area contributed by atoms with Crippen LogP contribution < -0.4 is 5.32 Å². The predicted octanol–water partition coefficient (Wildman–Crippen LogP) is 0.787. The highest BCUT2D eigenvalue weighted by Crippen LogP contribution is 2.07. The molecule has 0 aliphatic rings. The molecule has 0 heterocycles. The van der Waals surface area contributed by atoms with Gasteiger partial charge in [-0.05, 0) is 31.5 Å². The third-order valence-corrected chi connectivity index (χ3v) is 2.59. The van der Waals surface area contributed by atoms with Gasteiger partial charge in [-0.3, -0.25) is 4.79 Å². The largest absolute Gasteiger partial charge is 0.480 e. The lowest BCUT2D eigenvalue weighted by atomic mass is 10.1. The Labute approximate surface area is 117 Å². The molecule has 6 heteroatoms. The van der Waals surface area contributed by atoms with Crippen LogP contribution in [0.4, 0.5) is 0 Å². The Bertz CT molecular complexity index is 455. The van der Waals surface area contributed by atoms with Crippen molar-refractivity contribution < 1.29 is 24.5 Å². The summed E-state index contributed by atoms with van der Waals surface area (Å²) >= 11 is 0. The van der Waals surface area contributed by atoms with E-state index in [0.29, 0.717) is 12.2 Å². The smallest absolute Gasteiger partial charge is 0.328 e. The van der Waals surface area contributed by atoms with Crippen LogP contribution in [0.25, 0.3) is 0 Å². The second-order valence-electron chi connectivity index (χ2n) is 4.60. The summed E-state index contributed by atoms with van der Waals surface area (Å²) in [5.41, 5.74) is 1.25. The Kier molecular flexibility index (Phi) is 6.14. The minimum absolute atomic E-state index is 0.124. The number of ether oxygens (including phenoxy) is 1. The maximum Gasteiger partial charge on any atom is 0.328 e. The van der Waals surface area contributed by atoms with E-state index < -0.39 is 24.5 Å². The lowest BCUT2D eigenvalue weighted by molar-refractivity contribution is -0.140. The topological polar surface area (TPSA) is 95.9 Å². The molecule has 0 aromatic heterocycles. The monoisotopic (exact) mass is 281 g/mol. The molecule has 0 fully saturated rings. The molecule has 0 radical (unpaired) electrons. The van der Waals surface area contributed by atoms with Gasteiger partial charge in [-0.1, -0.05) is 12.1 Å². The third kappa shape index (κ3) is 4.99. The van der Waals surface area contributed by atoms with Gasteiger partial charge in [0.25, 0.3) is 5.91 Å². The lowest BCUT2D eigenvalue weighted by Crippen LogP contribution is -2.43. The van der Waals surface area contributed by atoms with Crippen molar-refractivity contribution in [1.82, 2.24) is 5.32 Å². The number of rotatable bonds is 7. The maximum absolute atomic E-state index is 11.8. The highest BCUT2D eigenvalue weighted by molar-refractivity contribution is 5.96. The van der Waals surface area contributed by atoms with Gasteiger partial charge in [-0.15, -0.1) is 0 Å². The summed E-state index contributed by atoms with van der Waals surface area (Å²) < 4.78 is 5.43. The Morgan fingerprint density at radius 1 is 1.25 bits per heavy atom. The van der Waals surface area contributed by atoms with Gasteiger partial charge < -0.3 is 20.3 Å². The molecule has 1 aromatic rings. The van der Waals surface area contributed by atoms with Gasteiger partial charge in [-0.2, -0.15) is 0 Å². The Morgan fingerprint density at radius 3 is 2.30 bits per heavy atom. The number of amides is 1. The molecule has 6 nitrogen and oxygen atoms in total. The van der Waals surface area contributed by atoms with E-state index >= 15 is 0 Å². The fourth-order valence-corrected chi connectivity index (χ4v) is 1.44. The molecule has 1 atom stereocenters. The molecule has 0 aliphatic carbocycles. The summed E-state index contributed by atoms with van der Waals surface area (Å²) in [5.74, 6) is -1.81. The Hall–Kier alpha value is -1.92. The molecule has 110 valence electrons. The molecular weight excluding hydrogens is 262 g/mol. The van der Waals surface area contributed by atoms with Gasteiger partial charge in [0.1, 0.15) is 0 Å². The number of benzene rings is 1. The number of aliphatic carboxylic acids is 1. The van der Waals surface area contributed by atoms with Gasteiger partial charge in [-0.25, -0.2) is 4.79 Å². The zero-order valence-corrected chi connectivity index (χ0v) is 11.5. The molecule has 0 aliphatic heterocycles. The number of nitrogens with one attached hydrogen (secondary N) is 1. The molecule has 1 unspecified atom stereocenters. The van der Waals surface area contributed by atoms with Crippen LogP contribution in [0.5, 0.6) is 0 Å². The van der Waals surface area contributed by atoms with Crippen LogP contribution in [0.3, 0.4) is 0 Å². The van der Waals surface area contributed by atoms with Gasteiger partial charge in [0.05, 0.1) is 19.3 Å². The van der Waals surface area contributed by atoms with E-state index in [-0.39, 0.29) is 6.10 Å². The summed E-state index contributed by atoms with van der Waals surface area (Å²) in [4.78, 5) is 22.5. The number of carbonyl (C=O) groups is 2. The molecule has 1 aromatic carbocycles. The standard InChI is InChI=1S/C14H19NO5/c1-9(2)20-8-10-3-5-11(6-4-10)13(17)15-12(7-16)14(18)19/h3-6,9,12,16H,7-8H2,1-2H3,(H,15,17)(H,18,19). The number of carboxylic acid groups (broad SMARTS) is 1. The van der Waals surface area contributed by atoms with Gasteiger partial charge in [0.15, 0.2) is 6.04 Å². The van der Waals surface area contributed by atoms with Crippen LogP contribution in [-0.4, -0.2) is 40.8 Å². The zero-order chi connectivity index (χ0) is 15.1. The number of aliphatic hydroxyl groups is 1. The first-order chi connectivity index (χ1) is 9.43. The van der Waals surface area contributed by atoms with Crippen molar-refractivity contribution in [2.45, 2.75) is 32.6 Å². The highest BCUT2D eigenvalue weighted by Gasteiger charge is 2.19. The van der Waals surface area contributed by atoms with E-state index in [4.69, 9.17) is 14.9 Å². The van der Waals surface area contributed by atoms with E-state index in [9.17, 15) is 9.59 Å². The van der Waals surface area contributed by atoms with Crippen molar-refractivity contribution in [2.75, 3.05) is 6.61 Å². The zero-order valence-electron chi connectivity index (χ0n) is 11.5. The Morgan fingerprint density at radius 2 is 1.85 bits per heavy atom. The van der Waals surface area contributed by atoms with Crippen LogP contribution in [0.15, 0.2) is 24.3 Å². The molecule has 20 heavy (non-hydrogen) atoms. The van der Waals surface area contributed by atoms with Crippen LogP contribution in [0.2, 0.25) is 0 Å². The normalized spacial score (nSPS) is 12.2. The van der Waals surface area contributed by atoms with E-state index in [1.54, 1.807) is 24.3 Å². The van der Waals surface area contributed by atoms with E-state index in [1.807, 2.05) is 13.8 Å². The number of hydrogen-bond donors (Lipinski definition) is 3. The molecule has 0 saturated heterocycles. The Balaban J connectivity index is 2.63. The van der Waals surface area contributed by atoms with Crippen molar-refractivity contribution in [3.8, 4) is 0 Å². The fraction of sp³-hybridized carbons (Fsp3) is 0.429. The molecule has 0 saturated carbocycles. The van der Waals surface area contributed by atoms with Crippen LogP contribution in [0, 0.1) is 0 Å². The number of hydrogen-bond acceptors (Lipinski definition) is 4. The summed E-state index contributed by atoms with van der Waals surface area (Å²) in [6, 6.07) is 5.36. The first-order valence-corrected chi connectivity index (χ1v) is 6.29. The SMILES string of the molecule is CC(C)OCc1ccc(C(=O)NC(CO)C(=O)O)cc1. The number of carboxylic acids is 1. The molecule has 1 rings (SSSR count). The molecule has 0 bridgehead atoms. The number of carbonyl (C=O) groups excluding carboxylic acids is 1. The number of aliphatic hydroxyl groups excluding tert-OH is 1. The van der Waals surface area contributed by atoms with E-state index in [0.717, 1.165) is 5.56 Å². The summed E-state index contributed by atoms with van der Waals surface area (Å²) in [5, 5.41) is 19.8. The quantitative estimate of drug-likeness (QED) is 0.686. The average molecular weight is 281 g/mol. The van der Waals surface area contributed by atoms with Crippen LogP contribution >= 0.6 is 0 Å². The average Bonchev–Trinajstić information content (AvgIpc) is 2.42. The van der Waals surface area contributed by atoms with E-state index in [1.165, 1.54) is 0 Å². The first kappa shape index (κ1) is 16.1. The maximum atomic E-state index is 11.8. The minimum atomic E-state index is -1.30. The van der Waals surface area contributed by atoms with E-state index in [2.05, 4.69) is 5.32 Å². The van der Waals surface area contributed by atoms with Crippen molar-refractivity contribution in [3.05, 3.63) is 35.4 Å². The van der Waals surface area contributed by atoms with Crippen LogP contribution in [-0.2, 0) is 16.1 Å². The molecule has 1 amide bonds. The molecule has 0 spiro atoms. The van der Waals surface area contributed by atoms with Gasteiger partial charge in [0, 0.05) is 5.56 Å². The fourth-order valence-electron chi connectivity index (χ4n) is 1.44. The first-order valence-electron chi connectivity index (χ1n) is 6.29. The molecular formula is C14H19NO5. The second kappa shape index (κ2) is 7.62.